The van der Waals surface area contributed by atoms with E-state index in [1.807, 2.05) is 0 Å². The van der Waals surface area contributed by atoms with Crippen molar-refractivity contribution in [2.45, 2.75) is 19.4 Å². The Morgan fingerprint density at radius 2 is 1.94 bits per heavy atom. The highest BCUT2D eigenvalue weighted by Crippen LogP contribution is 2.11. The second kappa shape index (κ2) is 6.44. The largest absolute Gasteiger partial charge is 0.508 e. The number of rotatable bonds is 5. The highest BCUT2D eigenvalue weighted by Gasteiger charge is 2.19. The predicted molar refractivity (Wildman–Crippen MR) is 66.2 cm³/mol. The monoisotopic (exact) mass is 249 g/mol. The van der Waals surface area contributed by atoms with E-state index in [2.05, 4.69) is 5.32 Å². The topological polar surface area (TPSA) is 86.6 Å². The molecule has 0 saturated carbocycles. The van der Waals surface area contributed by atoms with Crippen LogP contribution in [-0.2, 0) is 16.0 Å². The minimum Gasteiger partial charge on any atom is -0.508 e. The average Bonchev–Trinajstić information content (AvgIpc) is 2.31. The molecular formula is C13H15NO4. The van der Waals surface area contributed by atoms with Crippen LogP contribution < -0.4 is 5.32 Å². The number of carboxylic acid groups (broad SMARTS) is 1. The molecule has 0 aliphatic heterocycles. The fourth-order valence-electron chi connectivity index (χ4n) is 1.44. The number of nitrogens with one attached hydrogen (secondary N) is 1. The van der Waals surface area contributed by atoms with Gasteiger partial charge in [-0.15, -0.1) is 0 Å². The quantitative estimate of drug-likeness (QED) is 0.681. The summed E-state index contributed by atoms with van der Waals surface area (Å²) in [5.74, 6) is -1.42. The Bertz CT molecular complexity index is 451. The van der Waals surface area contributed by atoms with Gasteiger partial charge in [-0.3, -0.25) is 4.79 Å². The molecule has 1 amide bonds. The van der Waals surface area contributed by atoms with Gasteiger partial charge in [-0.1, -0.05) is 18.2 Å². The molecule has 0 fully saturated rings. The number of aliphatic carboxylic acids is 1. The third kappa shape index (κ3) is 4.29. The summed E-state index contributed by atoms with van der Waals surface area (Å²) in [5.41, 5.74) is 0.723. The van der Waals surface area contributed by atoms with E-state index in [0.717, 1.165) is 5.56 Å². The van der Waals surface area contributed by atoms with Gasteiger partial charge >= 0.3 is 5.97 Å². The molecule has 1 aromatic carbocycles. The number of phenolic OH excluding ortho intramolecular Hbond substituents is 1. The van der Waals surface area contributed by atoms with Gasteiger partial charge in [-0.05, 0) is 30.7 Å². The third-order valence-electron chi connectivity index (χ3n) is 2.31. The van der Waals surface area contributed by atoms with E-state index in [0.29, 0.717) is 0 Å². The first-order valence-electron chi connectivity index (χ1n) is 5.47. The van der Waals surface area contributed by atoms with Crippen LogP contribution in [0.25, 0.3) is 0 Å². The van der Waals surface area contributed by atoms with Gasteiger partial charge in [0.05, 0.1) is 0 Å². The summed E-state index contributed by atoms with van der Waals surface area (Å²) in [5, 5.41) is 20.5. The normalized spacial score (nSPS) is 12.3. The van der Waals surface area contributed by atoms with Crippen molar-refractivity contribution < 1.29 is 19.8 Å². The van der Waals surface area contributed by atoms with Crippen LogP contribution in [0.15, 0.2) is 36.4 Å². The number of benzene rings is 1. The zero-order valence-corrected chi connectivity index (χ0v) is 9.96. The van der Waals surface area contributed by atoms with Gasteiger partial charge in [0, 0.05) is 6.42 Å². The number of hydrogen-bond acceptors (Lipinski definition) is 3. The molecule has 3 N–H and O–H groups in total. The van der Waals surface area contributed by atoms with Crippen molar-refractivity contribution in [3.05, 3.63) is 42.0 Å². The Kier molecular flexibility index (Phi) is 4.92. The van der Waals surface area contributed by atoms with Crippen LogP contribution in [-0.4, -0.2) is 28.1 Å². The van der Waals surface area contributed by atoms with E-state index in [4.69, 9.17) is 10.2 Å². The number of hydrogen-bond donors (Lipinski definition) is 3. The molecule has 0 spiro atoms. The number of allylic oxidation sites excluding steroid dienone is 1. The van der Waals surface area contributed by atoms with Crippen molar-refractivity contribution in [3.8, 4) is 5.75 Å². The Balaban J connectivity index is 2.71. The number of carboxylic acids is 1. The van der Waals surface area contributed by atoms with Gasteiger partial charge < -0.3 is 15.5 Å². The third-order valence-corrected chi connectivity index (χ3v) is 2.31. The van der Waals surface area contributed by atoms with E-state index >= 15 is 0 Å². The Morgan fingerprint density at radius 3 is 2.44 bits per heavy atom. The summed E-state index contributed by atoms with van der Waals surface area (Å²) in [4.78, 5) is 22.3. The highest BCUT2D eigenvalue weighted by molar-refractivity contribution is 5.91. The van der Waals surface area contributed by atoms with Crippen molar-refractivity contribution in [2.24, 2.45) is 0 Å². The number of carbonyl (C=O) groups excluding carboxylic acids is 1. The first-order chi connectivity index (χ1) is 8.52. The van der Waals surface area contributed by atoms with E-state index in [1.54, 1.807) is 19.1 Å². The molecule has 18 heavy (non-hydrogen) atoms. The molecule has 5 heteroatoms. The van der Waals surface area contributed by atoms with Crippen LogP contribution in [0.3, 0.4) is 0 Å². The van der Waals surface area contributed by atoms with Crippen LogP contribution in [0, 0.1) is 0 Å². The summed E-state index contributed by atoms with van der Waals surface area (Å²) < 4.78 is 0. The van der Waals surface area contributed by atoms with Crippen molar-refractivity contribution in [1.29, 1.82) is 0 Å². The first kappa shape index (κ1) is 13.8. The van der Waals surface area contributed by atoms with Crippen LogP contribution in [0.1, 0.15) is 12.5 Å². The molecule has 0 aliphatic rings. The van der Waals surface area contributed by atoms with Gasteiger partial charge in [-0.2, -0.15) is 0 Å². The number of phenols is 1. The Morgan fingerprint density at radius 1 is 1.33 bits per heavy atom. The van der Waals surface area contributed by atoms with E-state index in [1.165, 1.54) is 24.3 Å². The van der Waals surface area contributed by atoms with Gasteiger partial charge in [0.25, 0.3) is 0 Å². The van der Waals surface area contributed by atoms with Gasteiger partial charge in [-0.25, -0.2) is 4.79 Å². The second-order valence-corrected chi connectivity index (χ2v) is 3.77. The molecule has 0 saturated heterocycles. The Hall–Kier alpha value is -2.30. The maximum absolute atomic E-state index is 11.3. The predicted octanol–water partition coefficient (Wildman–Crippen LogP) is 1.08. The van der Waals surface area contributed by atoms with Gasteiger partial charge in [0.15, 0.2) is 0 Å². The summed E-state index contributed by atoms with van der Waals surface area (Å²) >= 11 is 0. The van der Waals surface area contributed by atoms with Crippen molar-refractivity contribution in [3.63, 3.8) is 0 Å². The summed E-state index contributed by atoms with van der Waals surface area (Å²) in [6.07, 6.45) is 2.97. The molecule has 0 radical (unpaired) electrons. The molecule has 0 aliphatic carbocycles. The van der Waals surface area contributed by atoms with Crippen LogP contribution >= 0.6 is 0 Å². The summed E-state index contributed by atoms with van der Waals surface area (Å²) in [6, 6.07) is 5.20. The molecule has 1 rings (SSSR count). The molecule has 0 aromatic heterocycles. The van der Waals surface area contributed by atoms with Crippen molar-refractivity contribution >= 4 is 11.9 Å². The standard InChI is InChI=1S/C13H15NO4/c1-2-3-12(16)14-11(13(17)18)8-9-4-6-10(15)7-5-9/h2-7,11,15H,8H2,1H3,(H,14,16)(H,17,18)/b3-2+. The zero-order chi connectivity index (χ0) is 13.5. The molecule has 1 unspecified atom stereocenters. The lowest BCUT2D eigenvalue weighted by Crippen LogP contribution is -2.41. The van der Waals surface area contributed by atoms with E-state index in [9.17, 15) is 9.59 Å². The maximum Gasteiger partial charge on any atom is 0.326 e. The van der Waals surface area contributed by atoms with Crippen molar-refractivity contribution in [2.75, 3.05) is 0 Å². The fraction of sp³-hybridized carbons (Fsp3) is 0.231. The first-order valence-corrected chi connectivity index (χ1v) is 5.47. The Labute approximate surface area is 105 Å². The minimum absolute atomic E-state index is 0.114. The van der Waals surface area contributed by atoms with Crippen LogP contribution in [0.2, 0.25) is 0 Å². The molecule has 1 aromatic rings. The number of carbonyl (C=O) groups is 2. The molecular weight excluding hydrogens is 234 g/mol. The lowest BCUT2D eigenvalue weighted by Gasteiger charge is -2.13. The van der Waals surface area contributed by atoms with E-state index < -0.39 is 17.9 Å². The van der Waals surface area contributed by atoms with E-state index in [-0.39, 0.29) is 12.2 Å². The number of aromatic hydroxyl groups is 1. The summed E-state index contributed by atoms with van der Waals surface area (Å²) in [7, 11) is 0. The molecule has 0 heterocycles. The zero-order valence-electron chi connectivity index (χ0n) is 9.96. The maximum atomic E-state index is 11.3. The number of amides is 1. The van der Waals surface area contributed by atoms with Gasteiger partial charge in [0.1, 0.15) is 11.8 Å². The molecule has 5 nitrogen and oxygen atoms in total. The minimum atomic E-state index is -1.10. The highest BCUT2D eigenvalue weighted by atomic mass is 16.4. The molecule has 1 atom stereocenters. The van der Waals surface area contributed by atoms with Gasteiger partial charge in [0.2, 0.25) is 5.91 Å². The fourth-order valence-corrected chi connectivity index (χ4v) is 1.44. The van der Waals surface area contributed by atoms with Crippen LogP contribution in [0.5, 0.6) is 5.75 Å². The van der Waals surface area contributed by atoms with Crippen LogP contribution in [0.4, 0.5) is 0 Å². The lowest BCUT2D eigenvalue weighted by molar-refractivity contribution is -0.141. The summed E-state index contributed by atoms with van der Waals surface area (Å²) in [6.45, 7) is 1.68. The van der Waals surface area contributed by atoms with Crippen molar-refractivity contribution in [1.82, 2.24) is 5.32 Å². The average molecular weight is 249 g/mol. The second-order valence-electron chi connectivity index (χ2n) is 3.77. The smallest absolute Gasteiger partial charge is 0.326 e. The SMILES string of the molecule is C/C=C/C(=O)NC(Cc1ccc(O)cc1)C(=O)O. The lowest BCUT2D eigenvalue weighted by atomic mass is 10.1. The molecule has 0 bridgehead atoms. The molecule has 96 valence electrons.